The Labute approximate surface area is 127 Å². The van der Waals surface area contributed by atoms with Gasteiger partial charge in [0.05, 0.1) is 5.56 Å². The van der Waals surface area contributed by atoms with Gasteiger partial charge >= 0.3 is 5.97 Å². The van der Waals surface area contributed by atoms with Crippen LogP contribution in [0, 0.1) is 12.3 Å². The van der Waals surface area contributed by atoms with E-state index < -0.39 is 5.97 Å². The van der Waals surface area contributed by atoms with Crippen molar-refractivity contribution in [3.63, 3.8) is 0 Å². The van der Waals surface area contributed by atoms with Gasteiger partial charge in [0.2, 0.25) is 0 Å². The van der Waals surface area contributed by atoms with E-state index in [0.29, 0.717) is 11.3 Å². The number of carbonyl (C=O) groups is 1. The number of ether oxygens (including phenoxy) is 1. The van der Waals surface area contributed by atoms with Gasteiger partial charge in [-0.2, -0.15) is 0 Å². The molecule has 0 amide bonds. The molecule has 3 nitrogen and oxygen atoms in total. The van der Waals surface area contributed by atoms with E-state index in [0.717, 1.165) is 24.0 Å². The van der Waals surface area contributed by atoms with Gasteiger partial charge in [-0.1, -0.05) is 33.6 Å². The minimum atomic E-state index is -0.443. The summed E-state index contributed by atoms with van der Waals surface area (Å²) in [6, 6.07) is 3.43. The zero-order chi connectivity index (χ0) is 16.0. The first-order chi connectivity index (χ1) is 9.96. The first-order valence-corrected chi connectivity index (χ1v) is 7.43. The van der Waals surface area contributed by atoms with Crippen molar-refractivity contribution in [2.75, 3.05) is 6.61 Å². The Balaban J connectivity index is 3.32. The molecule has 0 aliphatic heterocycles. The van der Waals surface area contributed by atoms with Crippen molar-refractivity contribution >= 4 is 5.97 Å². The third-order valence-corrected chi connectivity index (χ3v) is 3.98. The lowest BCUT2D eigenvalue weighted by atomic mass is 9.88. The summed E-state index contributed by atoms with van der Waals surface area (Å²) in [6.45, 7) is 8.13. The largest absolute Gasteiger partial charge is 0.507 e. The maximum absolute atomic E-state index is 12.0. The lowest BCUT2D eigenvalue weighted by molar-refractivity contribution is 0.0556. The van der Waals surface area contributed by atoms with Crippen LogP contribution in [-0.4, -0.2) is 17.7 Å². The van der Waals surface area contributed by atoms with Gasteiger partial charge in [0.1, 0.15) is 5.75 Å². The van der Waals surface area contributed by atoms with Gasteiger partial charge in [0.15, 0.2) is 6.61 Å². The van der Waals surface area contributed by atoms with E-state index in [-0.39, 0.29) is 18.4 Å². The van der Waals surface area contributed by atoms with Crippen LogP contribution in [0.1, 0.15) is 73.9 Å². The number of hydrogen-bond donors (Lipinski definition) is 1. The van der Waals surface area contributed by atoms with Gasteiger partial charge in [-0.25, -0.2) is 4.79 Å². The van der Waals surface area contributed by atoms with E-state index >= 15 is 0 Å². The molecule has 0 radical (unpaired) electrons. The summed E-state index contributed by atoms with van der Waals surface area (Å²) in [7, 11) is 0. The summed E-state index contributed by atoms with van der Waals surface area (Å²) in [5, 5.41) is 10.5. The van der Waals surface area contributed by atoms with Gasteiger partial charge in [-0.3, -0.25) is 0 Å². The normalized spacial score (nSPS) is 13.3. The number of carbonyl (C=O) groups excluding carboxylic acids is 1. The zero-order valence-electron chi connectivity index (χ0n) is 13.3. The highest BCUT2D eigenvalue weighted by Crippen LogP contribution is 2.37. The number of phenolic OH excluding ortho intramolecular Hbond substituents is 1. The highest BCUT2D eigenvalue weighted by atomic mass is 16.5. The van der Waals surface area contributed by atoms with Crippen LogP contribution < -0.4 is 0 Å². The molecule has 1 aromatic carbocycles. The standard InChI is InChI=1S/C18H24O3/c1-6-9-21-18(20)14-10-15(12(4)7-2)17(19)16(11-14)13(5)8-3/h1,10-13,19H,7-9H2,2-5H3. The number of esters is 1. The molecule has 0 heterocycles. The maximum atomic E-state index is 12.0. The molecule has 0 bridgehead atoms. The van der Waals surface area contributed by atoms with Crippen LogP contribution in [0.2, 0.25) is 0 Å². The molecule has 0 aromatic heterocycles. The topological polar surface area (TPSA) is 46.5 Å². The molecule has 1 rings (SSSR count). The second-order valence-corrected chi connectivity index (χ2v) is 5.40. The molecular weight excluding hydrogens is 264 g/mol. The van der Waals surface area contributed by atoms with Crippen molar-refractivity contribution in [3.05, 3.63) is 28.8 Å². The van der Waals surface area contributed by atoms with E-state index in [4.69, 9.17) is 11.2 Å². The Morgan fingerprint density at radius 3 is 2.10 bits per heavy atom. The lowest BCUT2D eigenvalue weighted by Crippen LogP contribution is -2.09. The average molecular weight is 288 g/mol. The third-order valence-electron chi connectivity index (χ3n) is 3.98. The molecule has 2 atom stereocenters. The fraction of sp³-hybridized carbons (Fsp3) is 0.500. The van der Waals surface area contributed by atoms with E-state index in [2.05, 4.69) is 19.8 Å². The SMILES string of the molecule is C#CCOC(=O)c1cc(C(C)CC)c(O)c(C(C)CC)c1. The fourth-order valence-electron chi connectivity index (χ4n) is 2.18. The Bertz CT molecular complexity index is 509. The lowest BCUT2D eigenvalue weighted by Gasteiger charge is -2.19. The van der Waals surface area contributed by atoms with Crippen LogP contribution in [0.15, 0.2) is 12.1 Å². The van der Waals surface area contributed by atoms with Crippen LogP contribution in [0.3, 0.4) is 0 Å². The molecule has 0 saturated heterocycles. The highest BCUT2D eigenvalue weighted by molar-refractivity contribution is 5.90. The van der Waals surface area contributed by atoms with Crippen LogP contribution in [-0.2, 0) is 4.74 Å². The predicted octanol–water partition coefficient (Wildman–Crippen LogP) is 4.21. The minimum absolute atomic E-state index is 0.0446. The number of terminal acetylenes is 1. The number of phenols is 1. The Morgan fingerprint density at radius 2 is 1.71 bits per heavy atom. The van der Waals surface area contributed by atoms with Crippen LogP contribution >= 0.6 is 0 Å². The van der Waals surface area contributed by atoms with Crippen molar-refractivity contribution in [3.8, 4) is 18.1 Å². The van der Waals surface area contributed by atoms with Crippen LogP contribution in [0.4, 0.5) is 0 Å². The number of aromatic hydroxyl groups is 1. The van der Waals surface area contributed by atoms with Gasteiger partial charge in [-0.15, -0.1) is 6.42 Å². The average Bonchev–Trinajstić information content (AvgIpc) is 2.51. The molecule has 0 spiro atoms. The smallest absolute Gasteiger partial charge is 0.339 e. The molecular formula is C18H24O3. The monoisotopic (exact) mass is 288 g/mol. The molecule has 2 unspecified atom stereocenters. The quantitative estimate of drug-likeness (QED) is 0.630. The molecule has 3 heteroatoms. The molecule has 21 heavy (non-hydrogen) atoms. The fourth-order valence-corrected chi connectivity index (χ4v) is 2.18. The van der Waals surface area contributed by atoms with Crippen molar-refractivity contribution in [2.45, 2.75) is 52.4 Å². The first-order valence-electron chi connectivity index (χ1n) is 7.43. The Morgan fingerprint density at radius 1 is 1.24 bits per heavy atom. The Hall–Kier alpha value is -1.95. The second kappa shape index (κ2) is 7.73. The van der Waals surface area contributed by atoms with Crippen LogP contribution in [0.5, 0.6) is 5.75 Å². The molecule has 0 aliphatic rings. The second-order valence-electron chi connectivity index (χ2n) is 5.40. The van der Waals surface area contributed by atoms with Crippen LogP contribution in [0.25, 0.3) is 0 Å². The number of benzene rings is 1. The molecule has 1 N–H and O–H groups in total. The Kier molecular flexibility index (Phi) is 6.30. The van der Waals surface area contributed by atoms with Crippen molar-refractivity contribution in [1.29, 1.82) is 0 Å². The molecule has 0 aliphatic carbocycles. The molecule has 114 valence electrons. The summed E-state index contributed by atoms with van der Waals surface area (Å²) in [5.41, 5.74) is 2.04. The van der Waals surface area contributed by atoms with Crippen molar-refractivity contribution in [2.24, 2.45) is 0 Å². The molecule has 0 fully saturated rings. The van der Waals surface area contributed by atoms with Gasteiger partial charge in [0, 0.05) is 0 Å². The van der Waals surface area contributed by atoms with E-state index in [1.807, 2.05) is 13.8 Å². The minimum Gasteiger partial charge on any atom is -0.507 e. The van der Waals surface area contributed by atoms with Gasteiger partial charge in [0.25, 0.3) is 0 Å². The molecule has 0 saturated carbocycles. The number of hydrogen-bond acceptors (Lipinski definition) is 3. The van der Waals surface area contributed by atoms with E-state index in [1.54, 1.807) is 12.1 Å². The van der Waals surface area contributed by atoms with Crippen molar-refractivity contribution in [1.82, 2.24) is 0 Å². The van der Waals surface area contributed by atoms with Gasteiger partial charge in [-0.05, 0) is 47.9 Å². The summed E-state index contributed by atoms with van der Waals surface area (Å²) in [5.74, 6) is 2.49. The summed E-state index contributed by atoms with van der Waals surface area (Å²) in [6.07, 6.45) is 6.88. The van der Waals surface area contributed by atoms with E-state index in [9.17, 15) is 9.90 Å². The van der Waals surface area contributed by atoms with E-state index in [1.165, 1.54) is 0 Å². The summed E-state index contributed by atoms with van der Waals surface area (Å²) < 4.78 is 5.00. The maximum Gasteiger partial charge on any atom is 0.339 e. The third kappa shape index (κ3) is 4.01. The predicted molar refractivity (Wildman–Crippen MR) is 84.6 cm³/mol. The highest BCUT2D eigenvalue weighted by Gasteiger charge is 2.20. The zero-order valence-corrected chi connectivity index (χ0v) is 13.3. The summed E-state index contributed by atoms with van der Waals surface area (Å²) >= 11 is 0. The summed E-state index contributed by atoms with van der Waals surface area (Å²) in [4.78, 5) is 12.0. The first kappa shape index (κ1) is 17.1. The molecule has 1 aromatic rings. The van der Waals surface area contributed by atoms with Gasteiger partial charge < -0.3 is 9.84 Å². The van der Waals surface area contributed by atoms with Crippen molar-refractivity contribution < 1.29 is 14.6 Å². The number of rotatable bonds is 6.